The van der Waals surface area contributed by atoms with Crippen LogP contribution in [0.15, 0.2) is 17.6 Å². The molecular formula is C12H15N5OS. The fraction of sp³-hybridized carbons (Fsp3) is 0.333. The van der Waals surface area contributed by atoms with Gasteiger partial charge in [0.05, 0.1) is 17.7 Å². The van der Waals surface area contributed by atoms with E-state index in [-0.39, 0.29) is 5.91 Å². The van der Waals surface area contributed by atoms with E-state index in [1.807, 2.05) is 12.4 Å². The van der Waals surface area contributed by atoms with Crippen LogP contribution in [0.25, 0.3) is 0 Å². The molecule has 0 saturated heterocycles. The Labute approximate surface area is 115 Å². The van der Waals surface area contributed by atoms with Crippen LogP contribution in [-0.4, -0.2) is 40.1 Å². The highest BCUT2D eigenvalue weighted by Crippen LogP contribution is 2.14. The third kappa shape index (κ3) is 3.25. The summed E-state index contributed by atoms with van der Waals surface area (Å²) in [5, 5.41) is 11.0. The molecule has 0 aliphatic carbocycles. The minimum Gasteiger partial charge on any atom is -0.364 e. The lowest BCUT2D eigenvalue weighted by Crippen LogP contribution is -2.23. The molecule has 1 amide bonds. The molecule has 0 unspecified atom stereocenters. The smallest absolute Gasteiger partial charge is 0.273 e. The minimum atomic E-state index is -0.155. The van der Waals surface area contributed by atoms with Gasteiger partial charge < -0.3 is 10.2 Å². The summed E-state index contributed by atoms with van der Waals surface area (Å²) < 4.78 is 0. The van der Waals surface area contributed by atoms with Crippen molar-refractivity contribution in [2.75, 3.05) is 19.4 Å². The molecule has 0 spiro atoms. The van der Waals surface area contributed by atoms with E-state index in [4.69, 9.17) is 0 Å². The fourth-order valence-electron chi connectivity index (χ4n) is 1.44. The maximum Gasteiger partial charge on any atom is 0.273 e. The van der Waals surface area contributed by atoms with Crippen LogP contribution in [0.1, 0.15) is 21.1 Å². The summed E-state index contributed by atoms with van der Waals surface area (Å²) >= 11 is 1.60. The maximum absolute atomic E-state index is 11.6. The van der Waals surface area contributed by atoms with E-state index in [2.05, 4.69) is 20.5 Å². The lowest BCUT2D eigenvalue weighted by molar-refractivity contribution is 0.0821. The summed E-state index contributed by atoms with van der Waals surface area (Å²) in [5.74, 6) is 0.487. The van der Waals surface area contributed by atoms with Crippen molar-refractivity contribution in [1.82, 2.24) is 20.1 Å². The van der Waals surface area contributed by atoms with Gasteiger partial charge in [-0.2, -0.15) is 0 Å². The molecule has 0 radical (unpaired) electrons. The number of amides is 1. The first-order valence-corrected chi connectivity index (χ1v) is 6.64. The van der Waals surface area contributed by atoms with Crippen molar-refractivity contribution in [1.29, 1.82) is 0 Å². The average Bonchev–Trinajstić information content (AvgIpc) is 2.81. The van der Waals surface area contributed by atoms with Crippen LogP contribution in [-0.2, 0) is 6.54 Å². The Morgan fingerprint density at radius 3 is 2.68 bits per heavy atom. The number of nitrogens with one attached hydrogen (secondary N) is 1. The van der Waals surface area contributed by atoms with Crippen molar-refractivity contribution in [2.45, 2.75) is 13.5 Å². The summed E-state index contributed by atoms with van der Waals surface area (Å²) in [7, 11) is 3.37. The van der Waals surface area contributed by atoms with Gasteiger partial charge in [-0.05, 0) is 19.1 Å². The molecule has 7 heteroatoms. The first kappa shape index (κ1) is 13.4. The van der Waals surface area contributed by atoms with Crippen molar-refractivity contribution in [3.8, 4) is 0 Å². The summed E-state index contributed by atoms with van der Waals surface area (Å²) in [4.78, 5) is 18.5. The van der Waals surface area contributed by atoms with Crippen molar-refractivity contribution in [3.63, 3.8) is 0 Å². The summed E-state index contributed by atoms with van der Waals surface area (Å²) in [6, 6.07) is 3.41. The van der Waals surface area contributed by atoms with E-state index in [0.717, 1.165) is 10.6 Å². The van der Waals surface area contributed by atoms with E-state index in [9.17, 15) is 4.79 Å². The van der Waals surface area contributed by atoms with Crippen molar-refractivity contribution >= 4 is 23.1 Å². The average molecular weight is 277 g/mol. The van der Waals surface area contributed by atoms with Crippen molar-refractivity contribution in [3.05, 3.63) is 33.9 Å². The number of hydrogen-bond acceptors (Lipinski definition) is 6. The molecule has 0 bridgehead atoms. The van der Waals surface area contributed by atoms with Gasteiger partial charge in [0.25, 0.3) is 5.91 Å². The molecule has 1 N–H and O–H groups in total. The van der Waals surface area contributed by atoms with E-state index in [1.165, 1.54) is 4.90 Å². The van der Waals surface area contributed by atoms with E-state index in [0.29, 0.717) is 18.1 Å². The molecule has 0 aliphatic heterocycles. The molecule has 0 atom stereocenters. The molecule has 0 fully saturated rings. The Morgan fingerprint density at radius 1 is 1.37 bits per heavy atom. The lowest BCUT2D eigenvalue weighted by Gasteiger charge is -2.09. The van der Waals surface area contributed by atoms with Crippen LogP contribution in [0.5, 0.6) is 0 Å². The van der Waals surface area contributed by atoms with Crippen LogP contribution < -0.4 is 5.32 Å². The molecule has 19 heavy (non-hydrogen) atoms. The largest absolute Gasteiger partial charge is 0.364 e. The summed E-state index contributed by atoms with van der Waals surface area (Å²) in [6.07, 6.45) is 0. The predicted octanol–water partition coefficient (Wildman–Crippen LogP) is 1.56. The van der Waals surface area contributed by atoms with Crippen molar-refractivity contribution < 1.29 is 4.79 Å². The van der Waals surface area contributed by atoms with Gasteiger partial charge in [0.1, 0.15) is 5.82 Å². The van der Waals surface area contributed by atoms with Crippen LogP contribution in [0.2, 0.25) is 0 Å². The van der Waals surface area contributed by atoms with E-state index >= 15 is 0 Å². The number of aryl methyl sites for hydroxylation is 1. The molecule has 6 nitrogen and oxygen atoms in total. The number of carbonyl (C=O) groups is 1. The molecule has 2 aromatic heterocycles. The van der Waals surface area contributed by atoms with Gasteiger partial charge in [0, 0.05) is 19.0 Å². The minimum absolute atomic E-state index is 0.155. The summed E-state index contributed by atoms with van der Waals surface area (Å²) in [5.41, 5.74) is 3.17. The van der Waals surface area contributed by atoms with Crippen LogP contribution in [0, 0.1) is 6.92 Å². The van der Waals surface area contributed by atoms with Gasteiger partial charge >= 0.3 is 0 Å². The zero-order valence-electron chi connectivity index (χ0n) is 11.0. The molecular weight excluding hydrogens is 262 g/mol. The Bertz CT molecular complexity index is 564. The van der Waals surface area contributed by atoms with Crippen molar-refractivity contribution in [2.24, 2.45) is 0 Å². The number of nitrogens with zero attached hydrogens (tertiary/aromatic N) is 4. The lowest BCUT2D eigenvalue weighted by atomic mass is 10.3. The third-order valence-electron chi connectivity index (χ3n) is 2.56. The first-order valence-electron chi connectivity index (χ1n) is 5.76. The van der Waals surface area contributed by atoms with Gasteiger partial charge in [-0.25, -0.2) is 4.98 Å². The van der Waals surface area contributed by atoms with Gasteiger partial charge in [0.2, 0.25) is 0 Å². The SMILES string of the molecule is Cc1ncsc1CNc1ccc(C(=O)N(C)C)nn1. The second-order valence-electron chi connectivity index (χ2n) is 4.22. The molecule has 2 rings (SSSR count). The van der Waals surface area contributed by atoms with Gasteiger partial charge in [-0.15, -0.1) is 21.5 Å². The zero-order chi connectivity index (χ0) is 13.8. The topological polar surface area (TPSA) is 71.0 Å². The van der Waals surface area contributed by atoms with E-state index in [1.54, 1.807) is 37.6 Å². The molecule has 2 heterocycles. The molecule has 100 valence electrons. The monoisotopic (exact) mass is 277 g/mol. The number of aromatic nitrogens is 3. The molecule has 0 saturated carbocycles. The highest BCUT2D eigenvalue weighted by molar-refractivity contribution is 7.09. The van der Waals surface area contributed by atoms with Crippen LogP contribution in [0.3, 0.4) is 0 Å². The normalized spacial score (nSPS) is 10.3. The maximum atomic E-state index is 11.6. The Morgan fingerprint density at radius 2 is 2.16 bits per heavy atom. The highest BCUT2D eigenvalue weighted by atomic mass is 32.1. The van der Waals surface area contributed by atoms with Gasteiger partial charge in [0.15, 0.2) is 5.69 Å². The standard InChI is InChI=1S/C12H15N5OS/c1-8-10(19-7-14-8)6-13-11-5-4-9(15-16-11)12(18)17(2)3/h4-5,7H,6H2,1-3H3,(H,13,16). The quantitative estimate of drug-likeness (QED) is 0.918. The van der Waals surface area contributed by atoms with Gasteiger partial charge in [-0.3, -0.25) is 4.79 Å². The zero-order valence-corrected chi connectivity index (χ0v) is 11.9. The number of thiazole rings is 1. The molecule has 0 aromatic carbocycles. The summed E-state index contributed by atoms with van der Waals surface area (Å²) in [6.45, 7) is 2.63. The second-order valence-corrected chi connectivity index (χ2v) is 5.16. The number of anilines is 1. The van der Waals surface area contributed by atoms with Crippen LogP contribution >= 0.6 is 11.3 Å². The first-order chi connectivity index (χ1) is 9.08. The second kappa shape index (κ2) is 5.75. The third-order valence-corrected chi connectivity index (χ3v) is 3.50. The van der Waals surface area contributed by atoms with Crippen LogP contribution in [0.4, 0.5) is 5.82 Å². The Balaban J connectivity index is 1.99. The predicted molar refractivity (Wildman–Crippen MR) is 74.2 cm³/mol. The number of rotatable bonds is 4. The Hall–Kier alpha value is -2.02. The Kier molecular flexibility index (Phi) is 4.06. The molecule has 2 aromatic rings. The van der Waals surface area contributed by atoms with E-state index < -0.39 is 0 Å². The number of hydrogen-bond donors (Lipinski definition) is 1. The molecule has 0 aliphatic rings. The highest BCUT2D eigenvalue weighted by Gasteiger charge is 2.10. The fourth-order valence-corrected chi connectivity index (χ4v) is 2.15. The number of carbonyl (C=O) groups excluding carboxylic acids is 1. The van der Waals surface area contributed by atoms with Gasteiger partial charge in [-0.1, -0.05) is 0 Å².